The SMILES string of the molecule is O=C(CC12CC3CC(CC(C3)C1)C2)N1CC(S(=O)(=O)C2CCCCC2)C1. The zero-order chi connectivity index (χ0) is 17.9. The fourth-order valence-electron chi connectivity index (χ4n) is 7.45. The van der Waals surface area contributed by atoms with Gasteiger partial charge in [0.1, 0.15) is 0 Å². The molecule has 0 radical (unpaired) electrons. The first-order valence-electron chi connectivity index (χ1n) is 10.9. The normalized spacial score (nSPS) is 40.6. The van der Waals surface area contributed by atoms with Gasteiger partial charge in [0.25, 0.3) is 0 Å². The summed E-state index contributed by atoms with van der Waals surface area (Å²) in [6, 6.07) is 0. The lowest BCUT2D eigenvalue weighted by Crippen LogP contribution is -2.60. The lowest BCUT2D eigenvalue weighted by molar-refractivity contribution is -0.142. The van der Waals surface area contributed by atoms with Crippen molar-refractivity contribution in [3.8, 4) is 0 Å². The number of hydrogen-bond donors (Lipinski definition) is 0. The van der Waals surface area contributed by atoms with Crippen molar-refractivity contribution < 1.29 is 13.2 Å². The van der Waals surface area contributed by atoms with E-state index in [4.69, 9.17) is 0 Å². The predicted molar refractivity (Wildman–Crippen MR) is 101 cm³/mol. The second-order valence-corrected chi connectivity index (χ2v) is 12.9. The zero-order valence-electron chi connectivity index (χ0n) is 15.9. The van der Waals surface area contributed by atoms with E-state index in [0.717, 1.165) is 43.4 Å². The Morgan fingerprint density at radius 1 is 0.846 bits per heavy atom. The van der Waals surface area contributed by atoms with Crippen LogP contribution in [-0.2, 0) is 14.6 Å². The van der Waals surface area contributed by atoms with Crippen molar-refractivity contribution in [2.45, 2.75) is 87.5 Å². The van der Waals surface area contributed by atoms with E-state index in [1.54, 1.807) is 0 Å². The summed E-state index contributed by atoms with van der Waals surface area (Å²) < 4.78 is 25.6. The molecule has 1 aliphatic heterocycles. The third-order valence-corrected chi connectivity index (χ3v) is 11.0. The average Bonchev–Trinajstić information content (AvgIpc) is 2.52. The maximum absolute atomic E-state index is 12.9. The van der Waals surface area contributed by atoms with Gasteiger partial charge in [-0.15, -0.1) is 0 Å². The minimum absolute atomic E-state index is 0.137. The molecule has 146 valence electrons. The lowest BCUT2D eigenvalue weighted by atomic mass is 9.49. The molecule has 4 nitrogen and oxygen atoms in total. The number of carbonyl (C=O) groups excluding carboxylic acids is 1. The molecule has 1 heterocycles. The molecule has 0 atom stereocenters. The van der Waals surface area contributed by atoms with E-state index >= 15 is 0 Å². The maximum Gasteiger partial charge on any atom is 0.223 e. The summed E-state index contributed by atoms with van der Waals surface area (Å²) in [6.45, 7) is 0.925. The number of likely N-dealkylation sites (tertiary alicyclic amines) is 1. The van der Waals surface area contributed by atoms with Gasteiger partial charge in [0.2, 0.25) is 5.91 Å². The standard InChI is InChI=1S/C21H33NO3S/c23-20(12-21-9-15-6-16(10-21)8-17(7-15)11-21)22-13-19(14-22)26(24,25)18-4-2-1-3-5-18/h15-19H,1-14H2. The summed E-state index contributed by atoms with van der Waals surface area (Å²) in [4.78, 5) is 14.7. The molecule has 0 aromatic carbocycles. The molecular formula is C21H33NO3S. The minimum atomic E-state index is -3.04. The van der Waals surface area contributed by atoms with E-state index in [-0.39, 0.29) is 21.8 Å². The molecule has 1 amide bonds. The molecule has 0 spiro atoms. The van der Waals surface area contributed by atoms with Crippen molar-refractivity contribution in [2.24, 2.45) is 23.2 Å². The molecule has 26 heavy (non-hydrogen) atoms. The van der Waals surface area contributed by atoms with Crippen molar-refractivity contribution in [1.82, 2.24) is 4.90 Å². The highest BCUT2D eigenvalue weighted by Crippen LogP contribution is 2.61. The van der Waals surface area contributed by atoms with Gasteiger partial charge in [-0.3, -0.25) is 4.79 Å². The summed E-state index contributed by atoms with van der Waals surface area (Å²) in [5, 5.41) is -0.424. The van der Waals surface area contributed by atoms with Crippen LogP contribution in [0.4, 0.5) is 0 Å². The molecule has 1 saturated heterocycles. The Bertz CT molecular complexity index is 638. The maximum atomic E-state index is 12.9. The van der Waals surface area contributed by atoms with Crippen molar-refractivity contribution in [1.29, 1.82) is 0 Å². The topological polar surface area (TPSA) is 54.5 Å². The van der Waals surface area contributed by atoms with Gasteiger partial charge < -0.3 is 4.90 Å². The Kier molecular flexibility index (Phi) is 4.19. The number of hydrogen-bond acceptors (Lipinski definition) is 3. The van der Waals surface area contributed by atoms with Gasteiger partial charge in [-0.1, -0.05) is 19.3 Å². The zero-order valence-corrected chi connectivity index (χ0v) is 16.7. The Labute approximate surface area is 158 Å². The van der Waals surface area contributed by atoms with E-state index < -0.39 is 9.84 Å². The molecular weight excluding hydrogens is 346 g/mol. The highest BCUT2D eigenvalue weighted by molar-refractivity contribution is 7.92. The van der Waals surface area contributed by atoms with E-state index in [9.17, 15) is 13.2 Å². The summed E-state index contributed by atoms with van der Waals surface area (Å²) in [5.74, 6) is 2.83. The molecule has 0 unspecified atom stereocenters. The Morgan fingerprint density at radius 2 is 1.38 bits per heavy atom. The molecule has 0 N–H and O–H groups in total. The molecule has 5 saturated carbocycles. The largest absolute Gasteiger partial charge is 0.340 e. The van der Waals surface area contributed by atoms with Gasteiger partial charge in [-0.2, -0.15) is 0 Å². The number of amides is 1. The molecule has 4 bridgehead atoms. The number of nitrogens with zero attached hydrogens (tertiary/aromatic N) is 1. The first-order valence-corrected chi connectivity index (χ1v) is 12.5. The quantitative estimate of drug-likeness (QED) is 0.750. The highest BCUT2D eigenvalue weighted by atomic mass is 32.2. The monoisotopic (exact) mass is 379 g/mol. The summed E-state index contributed by atoms with van der Waals surface area (Å²) in [7, 11) is -3.04. The van der Waals surface area contributed by atoms with Gasteiger partial charge in [0.15, 0.2) is 9.84 Å². The molecule has 6 rings (SSSR count). The first kappa shape index (κ1) is 17.5. The van der Waals surface area contributed by atoms with Crippen LogP contribution in [0.1, 0.15) is 77.0 Å². The van der Waals surface area contributed by atoms with Gasteiger partial charge >= 0.3 is 0 Å². The second-order valence-electron chi connectivity index (χ2n) is 10.4. The van der Waals surface area contributed by atoms with Gasteiger partial charge in [-0.05, 0) is 74.5 Å². The molecule has 0 aromatic heterocycles. The molecule has 5 heteroatoms. The van der Waals surface area contributed by atoms with E-state index in [0.29, 0.717) is 19.5 Å². The lowest BCUT2D eigenvalue weighted by Gasteiger charge is -2.57. The van der Waals surface area contributed by atoms with Crippen LogP contribution in [0.25, 0.3) is 0 Å². The predicted octanol–water partition coefficient (Wildman–Crippen LogP) is 3.55. The van der Waals surface area contributed by atoms with Crippen molar-refractivity contribution in [3.05, 3.63) is 0 Å². The van der Waals surface area contributed by atoms with Crippen LogP contribution in [-0.4, -0.2) is 42.8 Å². The van der Waals surface area contributed by atoms with Gasteiger partial charge in [-0.25, -0.2) is 8.42 Å². The molecule has 6 aliphatic rings. The Balaban J connectivity index is 1.18. The molecule has 6 fully saturated rings. The molecule has 0 aromatic rings. The highest BCUT2D eigenvalue weighted by Gasteiger charge is 2.52. The number of sulfone groups is 1. The second kappa shape index (κ2) is 6.22. The van der Waals surface area contributed by atoms with Crippen LogP contribution >= 0.6 is 0 Å². The third kappa shape index (κ3) is 2.93. The number of carbonyl (C=O) groups is 1. The van der Waals surface area contributed by atoms with Crippen molar-refractivity contribution in [2.75, 3.05) is 13.1 Å². The van der Waals surface area contributed by atoms with E-state index in [1.165, 1.54) is 44.9 Å². The first-order chi connectivity index (χ1) is 12.4. The van der Waals surface area contributed by atoms with Crippen molar-refractivity contribution in [3.63, 3.8) is 0 Å². The third-order valence-electron chi connectivity index (χ3n) is 8.37. The minimum Gasteiger partial charge on any atom is -0.340 e. The van der Waals surface area contributed by atoms with E-state index in [2.05, 4.69) is 0 Å². The smallest absolute Gasteiger partial charge is 0.223 e. The van der Waals surface area contributed by atoms with Gasteiger partial charge in [0.05, 0.1) is 10.5 Å². The Hall–Kier alpha value is -0.580. The van der Waals surface area contributed by atoms with Gasteiger partial charge in [0, 0.05) is 19.5 Å². The van der Waals surface area contributed by atoms with Crippen molar-refractivity contribution >= 4 is 15.7 Å². The molecule has 5 aliphatic carbocycles. The van der Waals surface area contributed by atoms with Crippen LogP contribution in [0.15, 0.2) is 0 Å². The van der Waals surface area contributed by atoms with Crippen LogP contribution in [0, 0.1) is 23.2 Å². The average molecular weight is 380 g/mol. The summed E-state index contributed by atoms with van der Waals surface area (Å²) in [5.41, 5.74) is 0.263. The van der Waals surface area contributed by atoms with Crippen LogP contribution in [0.3, 0.4) is 0 Å². The van der Waals surface area contributed by atoms with Crippen LogP contribution in [0.5, 0.6) is 0 Å². The summed E-state index contributed by atoms with van der Waals surface area (Å²) in [6.07, 6.45) is 13.6. The van der Waals surface area contributed by atoms with E-state index in [1.807, 2.05) is 4.90 Å². The summed E-state index contributed by atoms with van der Waals surface area (Å²) >= 11 is 0. The Morgan fingerprint density at radius 3 is 1.92 bits per heavy atom. The van der Waals surface area contributed by atoms with Crippen LogP contribution < -0.4 is 0 Å². The number of rotatable bonds is 4. The fraction of sp³-hybridized carbons (Fsp3) is 0.952. The fourth-order valence-corrected chi connectivity index (χ4v) is 9.76. The van der Waals surface area contributed by atoms with Crippen LogP contribution in [0.2, 0.25) is 0 Å².